The molecule has 166 valence electrons. The summed E-state index contributed by atoms with van der Waals surface area (Å²) < 4.78 is 11.1. The van der Waals surface area contributed by atoms with Crippen molar-refractivity contribution < 1.29 is 14.3 Å². The van der Waals surface area contributed by atoms with Crippen molar-refractivity contribution in [1.82, 2.24) is 15.5 Å². The highest BCUT2D eigenvalue weighted by atomic mass is 127. The van der Waals surface area contributed by atoms with Gasteiger partial charge < -0.3 is 24.9 Å². The van der Waals surface area contributed by atoms with Crippen molar-refractivity contribution in [2.45, 2.75) is 38.3 Å². The van der Waals surface area contributed by atoms with Gasteiger partial charge in [0.15, 0.2) is 5.96 Å². The van der Waals surface area contributed by atoms with Crippen LogP contribution in [0, 0.1) is 6.92 Å². The van der Waals surface area contributed by atoms with Gasteiger partial charge in [0.25, 0.3) is 0 Å². The molecule has 3 heterocycles. The topological polar surface area (TPSA) is 82.3 Å². The fourth-order valence-corrected chi connectivity index (χ4v) is 5.24. The molecule has 0 radical (unpaired) electrons. The minimum absolute atomic E-state index is 0. The number of furan rings is 1. The Labute approximate surface area is 195 Å². The van der Waals surface area contributed by atoms with Gasteiger partial charge in [0.1, 0.15) is 17.1 Å². The lowest BCUT2D eigenvalue weighted by Crippen LogP contribution is -2.60. The number of nitrogens with zero attached hydrogens (tertiary/aromatic N) is 2. The van der Waals surface area contributed by atoms with Crippen molar-refractivity contribution >= 4 is 41.7 Å². The summed E-state index contributed by atoms with van der Waals surface area (Å²) >= 11 is 2.02. The van der Waals surface area contributed by atoms with Crippen LogP contribution in [0.3, 0.4) is 0 Å². The predicted molar refractivity (Wildman–Crippen MR) is 129 cm³/mol. The number of rotatable bonds is 7. The summed E-state index contributed by atoms with van der Waals surface area (Å²) in [7, 11) is 0. The number of aliphatic hydroxyl groups is 1. The maximum absolute atomic E-state index is 10.8. The zero-order chi connectivity index (χ0) is 20.0. The van der Waals surface area contributed by atoms with Crippen molar-refractivity contribution in [2.24, 2.45) is 4.99 Å². The van der Waals surface area contributed by atoms with Gasteiger partial charge in [0.05, 0.1) is 19.8 Å². The van der Waals surface area contributed by atoms with E-state index in [0.29, 0.717) is 5.76 Å². The molecule has 2 aliphatic rings. The molecule has 2 atom stereocenters. The monoisotopic (exact) mass is 538 g/mol. The third-order valence-corrected chi connectivity index (χ3v) is 6.74. The van der Waals surface area contributed by atoms with Crippen LogP contribution in [0.25, 0.3) is 0 Å². The summed E-state index contributed by atoms with van der Waals surface area (Å²) in [5.74, 6) is 4.38. The largest absolute Gasteiger partial charge is 0.463 e. The van der Waals surface area contributed by atoms with Crippen molar-refractivity contribution in [3.8, 4) is 0 Å². The van der Waals surface area contributed by atoms with E-state index in [9.17, 15) is 5.11 Å². The van der Waals surface area contributed by atoms with E-state index in [-0.39, 0.29) is 36.1 Å². The quantitative estimate of drug-likeness (QED) is 0.279. The highest BCUT2D eigenvalue weighted by molar-refractivity contribution is 14.0. The average molecular weight is 538 g/mol. The maximum Gasteiger partial charge on any atom is 0.191 e. The number of aliphatic imine (C=N–C) groups is 1. The molecular weight excluding hydrogens is 503 g/mol. The van der Waals surface area contributed by atoms with Crippen LogP contribution in [0.5, 0.6) is 0 Å². The van der Waals surface area contributed by atoms with E-state index in [4.69, 9.17) is 9.15 Å². The lowest BCUT2D eigenvalue weighted by molar-refractivity contribution is -0.0120. The molecule has 2 aliphatic heterocycles. The molecule has 29 heavy (non-hydrogen) atoms. The van der Waals surface area contributed by atoms with Crippen molar-refractivity contribution in [1.29, 1.82) is 0 Å². The average Bonchev–Trinajstić information content (AvgIpc) is 3.35. The fraction of sp³-hybridized carbons (Fsp3) is 0.750. The minimum atomic E-state index is -1.14. The highest BCUT2D eigenvalue weighted by Crippen LogP contribution is 2.33. The second-order valence-electron chi connectivity index (χ2n) is 7.86. The van der Waals surface area contributed by atoms with Crippen molar-refractivity contribution in [3.63, 3.8) is 0 Å². The summed E-state index contributed by atoms with van der Waals surface area (Å²) in [6.07, 6.45) is 1.17. The third-order valence-electron chi connectivity index (χ3n) is 5.51. The van der Waals surface area contributed by atoms with Crippen LogP contribution in [0.4, 0.5) is 0 Å². The molecule has 0 spiro atoms. The first-order chi connectivity index (χ1) is 13.5. The first kappa shape index (κ1) is 24.8. The van der Waals surface area contributed by atoms with E-state index in [0.717, 1.165) is 56.9 Å². The van der Waals surface area contributed by atoms with Crippen LogP contribution in [0.2, 0.25) is 0 Å². The Bertz CT molecular complexity index is 656. The van der Waals surface area contributed by atoms with Gasteiger partial charge in [-0.1, -0.05) is 0 Å². The van der Waals surface area contributed by atoms with Crippen LogP contribution < -0.4 is 10.6 Å². The van der Waals surface area contributed by atoms with Gasteiger partial charge in [0, 0.05) is 37.5 Å². The first-order valence-electron chi connectivity index (χ1n) is 10.2. The molecule has 0 aromatic carbocycles. The molecule has 2 fully saturated rings. The van der Waals surface area contributed by atoms with Crippen molar-refractivity contribution in [2.75, 3.05) is 57.4 Å². The van der Waals surface area contributed by atoms with Crippen LogP contribution in [0.15, 0.2) is 21.5 Å². The molecule has 3 rings (SSSR count). The van der Waals surface area contributed by atoms with E-state index in [1.807, 2.05) is 37.7 Å². The number of morpholine rings is 1. The van der Waals surface area contributed by atoms with Crippen LogP contribution in [-0.4, -0.2) is 78.9 Å². The summed E-state index contributed by atoms with van der Waals surface area (Å²) in [5, 5.41) is 17.6. The summed E-state index contributed by atoms with van der Waals surface area (Å²) in [4.78, 5) is 7.22. The Morgan fingerprint density at radius 1 is 1.34 bits per heavy atom. The Morgan fingerprint density at radius 2 is 2.10 bits per heavy atom. The molecule has 2 saturated heterocycles. The number of hydrogen-bond acceptors (Lipinski definition) is 6. The number of thioether (sulfide) groups is 1. The molecule has 0 saturated carbocycles. The van der Waals surface area contributed by atoms with Gasteiger partial charge in [-0.3, -0.25) is 4.90 Å². The SMILES string of the molecule is CCNC(=NCC(C)(O)c1ccc(C)o1)NCC1(N2CCOCC2)CCSC1.I. The van der Waals surface area contributed by atoms with Gasteiger partial charge in [-0.15, -0.1) is 24.0 Å². The molecule has 0 bridgehead atoms. The Hall–Kier alpha value is -0.490. The third kappa shape index (κ3) is 6.49. The zero-order valence-corrected chi connectivity index (χ0v) is 20.8. The smallest absolute Gasteiger partial charge is 0.191 e. The predicted octanol–water partition coefficient (Wildman–Crippen LogP) is 2.18. The number of hydrogen-bond donors (Lipinski definition) is 3. The molecule has 0 amide bonds. The van der Waals surface area contributed by atoms with Crippen LogP contribution >= 0.6 is 35.7 Å². The highest BCUT2D eigenvalue weighted by Gasteiger charge is 2.40. The second-order valence-corrected chi connectivity index (χ2v) is 8.96. The molecule has 3 N–H and O–H groups in total. The van der Waals surface area contributed by atoms with Crippen LogP contribution in [0.1, 0.15) is 31.8 Å². The van der Waals surface area contributed by atoms with E-state index < -0.39 is 5.60 Å². The lowest BCUT2D eigenvalue weighted by Gasteiger charge is -2.43. The van der Waals surface area contributed by atoms with E-state index >= 15 is 0 Å². The summed E-state index contributed by atoms with van der Waals surface area (Å²) in [6.45, 7) is 11.1. The second kappa shape index (κ2) is 11.2. The first-order valence-corrected chi connectivity index (χ1v) is 11.3. The molecule has 9 heteroatoms. The fourth-order valence-electron chi connectivity index (χ4n) is 3.76. The number of aryl methyl sites for hydroxylation is 1. The lowest BCUT2D eigenvalue weighted by atomic mass is 9.95. The van der Waals surface area contributed by atoms with Gasteiger partial charge in [0.2, 0.25) is 0 Å². The molecule has 1 aromatic rings. The van der Waals surface area contributed by atoms with Crippen molar-refractivity contribution in [3.05, 3.63) is 23.7 Å². The Balaban J connectivity index is 0.00000300. The van der Waals surface area contributed by atoms with Gasteiger partial charge in [-0.05, 0) is 45.1 Å². The molecular formula is C20H35IN4O3S. The Morgan fingerprint density at radius 3 is 2.69 bits per heavy atom. The molecule has 7 nitrogen and oxygen atoms in total. The van der Waals surface area contributed by atoms with Crippen LogP contribution in [-0.2, 0) is 10.3 Å². The zero-order valence-electron chi connectivity index (χ0n) is 17.7. The van der Waals surface area contributed by atoms with Gasteiger partial charge >= 0.3 is 0 Å². The molecule has 1 aromatic heterocycles. The standard InChI is InChI=1S/C20H34N4O3S.HI/c1-4-21-18(22-13-19(3,25)17-6-5-16(2)27-17)23-14-20(7-12-28-15-20)24-8-10-26-11-9-24;/h5-6,25H,4,7-15H2,1-3H3,(H2,21,22,23);1H. The number of halogens is 1. The number of ether oxygens (including phenoxy) is 1. The van der Waals surface area contributed by atoms with E-state index in [1.165, 1.54) is 12.2 Å². The number of guanidine groups is 1. The summed E-state index contributed by atoms with van der Waals surface area (Å²) in [6, 6.07) is 3.68. The summed E-state index contributed by atoms with van der Waals surface area (Å²) in [5.41, 5.74) is -0.993. The Kier molecular flexibility index (Phi) is 9.59. The van der Waals surface area contributed by atoms with E-state index in [1.54, 1.807) is 6.92 Å². The minimum Gasteiger partial charge on any atom is -0.463 e. The molecule has 2 unspecified atom stereocenters. The van der Waals surface area contributed by atoms with E-state index in [2.05, 4.69) is 20.5 Å². The molecule has 0 aliphatic carbocycles. The normalized spacial score (nSPS) is 25.3. The maximum atomic E-state index is 10.8. The van der Waals surface area contributed by atoms with Gasteiger partial charge in [-0.25, -0.2) is 4.99 Å². The number of nitrogens with one attached hydrogen (secondary N) is 2. The van der Waals surface area contributed by atoms with Gasteiger partial charge in [-0.2, -0.15) is 11.8 Å².